The summed E-state index contributed by atoms with van der Waals surface area (Å²) in [6, 6.07) is 0. The smallest absolute Gasteiger partial charge is 0.191 e. The van der Waals surface area contributed by atoms with Crippen LogP contribution in [0.5, 0.6) is 0 Å². The highest BCUT2D eigenvalue weighted by Crippen LogP contribution is 2.40. The number of guanidine groups is 1. The summed E-state index contributed by atoms with van der Waals surface area (Å²) in [5, 5.41) is 10.0. The molecule has 0 amide bonds. The lowest BCUT2D eigenvalue weighted by Gasteiger charge is -2.30. The Bertz CT molecular complexity index is 537. The first-order valence-electron chi connectivity index (χ1n) is 9.21. The van der Waals surface area contributed by atoms with Gasteiger partial charge in [0.05, 0.1) is 12.2 Å². The van der Waals surface area contributed by atoms with Gasteiger partial charge < -0.3 is 20.3 Å². The molecule has 0 saturated heterocycles. The molecule has 0 atom stereocenters. The molecule has 0 bridgehead atoms. The standard InChI is InChI=1S/C18H33N5OS/c1-5-19-16(20-12-15-13-25-17(22-15)23(2)3)21-14-18(10-11-24-4)8-6-7-9-18/h13H,5-12,14H2,1-4H3,(H2,19,20,21). The van der Waals surface area contributed by atoms with Crippen LogP contribution in [0.3, 0.4) is 0 Å². The van der Waals surface area contributed by atoms with E-state index in [0.717, 1.165) is 42.9 Å². The third kappa shape index (κ3) is 6.15. The number of hydrogen-bond donors (Lipinski definition) is 2. The highest BCUT2D eigenvalue weighted by atomic mass is 32.1. The van der Waals surface area contributed by atoms with E-state index < -0.39 is 0 Å². The molecule has 0 aromatic carbocycles. The van der Waals surface area contributed by atoms with Crippen LogP contribution < -0.4 is 15.5 Å². The van der Waals surface area contributed by atoms with Gasteiger partial charge in [-0.05, 0) is 31.6 Å². The molecule has 2 N–H and O–H groups in total. The lowest BCUT2D eigenvalue weighted by molar-refractivity contribution is 0.138. The molecule has 1 fully saturated rings. The minimum atomic E-state index is 0.352. The molecular formula is C18H33N5OS. The second-order valence-corrected chi connectivity index (χ2v) is 7.85. The molecule has 6 nitrogen and oxygen atoms in total. The van der Waals surface area contributed by atoms with Crippen molar-refractivity contribution in [1.29, 1.82) is 0 Å². The number of ether oxygens (including phenoxy) is 1. The Hall–Kier alpha value is -1.34. The van der Waals surface area contributed by atoms with Crippen molar-refractivity contribution in [3.05, 3.63) is 11.1 Å². The monoisotopic (exact) mass is 367 g/mol. The molecule has 1 saturated carbocycles. The third-order valence-corrected chi connectivity index (χ3v) is 5.85. The van der Waals surface area contributed by atoms with Crippen LogP contribution in [0.2, 0.25) is 0 Å². The van der Waals surface area contributed by atoms with Crippen molar-refractivity contribution in [2.75, 3.05) is 45.8 Å². The van der Waals surface area contributed by atoms with E-state index in [-0.39, 0.29) is 0 Å². The van der Waals surface area contributed by atoms with Crippen molar-refractivity contribution in [1.82, 2.24) is 15.6 Å². The molecule has 1 aliphatic carbocycles. The Morgan fingerprint density at radius 2 is 2.12 bits per heavy atom. The van der Waals surface area contributed by atoms with E-state index in [2.05, 4.69) is 27.9 Å². The van der Waals surface area contributed by atoms with E-state index in [1.54, 1.807) is 18.4 Å². The molecule has 1 aromatic rings. The summed E-state index contributed by atoms with van der Waals surface area (Å²) in [4.78, 5) is 11.3. The number of aliphatic imine (C=N–C) groups is 1. The topological polar surface area (TPSA) is 61.8 Å². The lowest BCUT2D eigenvalue weighted by Crippen LogP contribution is -2.43. The van der Waals surface area contributed by atoms with Crippen molar-refractivity contribution in [2.24, 2.45) is 10.4 Å². The van der Waals surface area contributed by atoms with Gasteiger partial charge in [0, 0.05) is 46.3 Å². The maximum Gasteiger partial charge on any atom is 0.191 e. The summed E-state index contributed by atoms with van der Waals surface area (Å²) in [7, 11) is 5.81. The zero-order chi connectivity index (χ0) is 18.1. The van der Waals surface area contributed by atoms with Crippen molar-refractivity contribution >= 4 is 22.4 Å². The number of hydrogen-bond acceptors (Lipinski definition) is 5. The predicted molar refractivity (Wildman–Crippen MR) is 107 cm³/mol. The second kappa shape index (κ2) is 9.97. The number of anilines is 1. The number of aromatic nitrogens is 1. The fourth-order valence-electron chi connectivity index (χ4n) is 3.31. The molecule has 0 unspecified atom stereocenters. The molecule has 1 aromatic heterocycles. The van der Waals surface area contributed by atoms with Crippen LogP contribution in [0.4, 0.5) is 5.13 Å². The fourth-order valence-corrected chi connectivity index (χ4v) is 4.06. The third-order valence-electron chi connectivity index (χ3n) is 4.80. The van der Waals surface area contributed by atoms with Crippen LogP contribution in [0.1, 0.15) is 44.7 Å². The molecule has 7 heteroatoms. The minimum absolute atomic E-state index is 0.352. The summed E-state index contributed by atoms with van der Waals surface area (Å²) in [5.41, 5.74) is 1.37. The van der Waals surface area contributed by atoms with Crippen molar-refractivity contribution in [3.8, 4) is 0 Å². The Morgan fingerprint density at radius 1 is 1.36 bits per heavy atom. The van der Waals surface area contributed by atoms with E-state index in [9.17, 15) is 0 Å². The molecule has 0 spiro atoms. The van der Waals surface area contributed by atoms with Crippen LogP contribution >= 0.6 is 11.3 Å². The second-order valence-electron chi connectivity index (χ2n) is 7.01. The number of methoxy groups -OCH3 is 1. The zero-order valence-corrected chi connectivity index (χ0v) is 16.9. The van der Waals surface area contributed by atoms with Gasteiger partial charge in [0.1, 0.15) is 0 Å². The quantitative estimate of drug-likeness (QED) is 0.519. The minimum Gasteiger partial charge on any atom is -0.385 e. The normalized spacial score (nSPS) is 16.9. The summed E-state index contributed by atoms with van der Waals surface area (Å²) in [6.07, 6.45) is 6.33. The maximum atomic E-state index is 5.33. The van der Waals surface area contributed by atoms with Gasteiger partial charge in [0.15, 0.2) is 11.1 Å². The fraction of sp³-hybridized carbons (Fsp3) is 0.778. The molecule has 142 valence electrons. The largest absolute Gasteiger partial charge is 0.385 e. The van der Waals surface area contributed by atoms with Gasteiger partial charge in [-0.15, -0.1) is 11.3 Å². The number of rotatable bonds is 9. The summed E-state index contributed by atoms with van der Waals surface area (Å²) >= 11 is 1.66. The van der Waals surface area contributed by atoms with Crippen LogP contribution in [0, 0.1) is 5.41 Å². The van der Waals surface area contributed by atoms with Gasteiger partial charge in [-0.25, -0.2) is 9.98 Å². The first-order chi connectivity index (χ1) is 12.1. The zero-order valence-electron chi connectivity index (χ0n) is 16.1. The number of thiazole rings is 1. The average Bonchev–Trinajstić information content (AvgIpc) is 3.26. The average molecular weight is 368 g/mol. The molecule has 0 radical (unpaired) electrons. The van der Waals surface area contributed by atoms with Gasteiger partial charge in [0.25, 0.3) is 0 Å². The Labute approximate surface area is 156 Å². The van der Waals surface area contributed by atoms with Gasteiger partial charge in [-0.1, -0.05) is 12.8 Å². The van der Waals surface area contributed by atoms with Crippen LogP contribution in [-0.4, -0.2) is 51.8 Å². The van der Waals surface area contributed by atoms with Crippen molar-refractivity contribution in [2.45, 2.75) is 45.6 Å². The van der Waals surface area contributed by atoms with Gasteiger partial charge in [-0.3, -0.25) is 0 Å². The van der Waals surface area contributed by atoms with Crippen LogP contribution in [0.25, 0.3) is 0 Å². The Kier molecular flexibility index (Phi) is 7.96. The predicted octanol–water partition coefficient (Wildman–Crippen LogP) is 2.86. The summed E-state index contributed by atoms with van der Waals surface area (Å²) in [5.74, 6) is 0.880. The van der Waals surface area contributed by atoms with Crippen molar-refractivity contribution < 1.29 is 4.74 Å². The van der Waals surface area contributed by atoms with E-state index in [0.29, 0.717) is 12.0 Å². The Morgan fingerprint density at radius 3 is 2.72 bits per heavy atom. The molecule has 0 aliphatic heterocycles. The summed E-state index contributed by atoms with van der Waals surface area (Å²) < 4.78 is 5.33. The van der Waals surface area contributed by atoms with E-state index in [1.807, 2.05) is 19.0 Å². The van der Waals surface area contributed by atoms with Gasteiger partial charge in [0.2, 0.25) is 0 Å². The van der Waals surface area contributed by atoms with Crippen molar-refractivity contribution in [3.63, 3.8) is 0 Å². The Balaban J connectivity index is 1.94. The maximum absolute atomic E-state index is 5.33. The molecule has 25 heavy (non-hydrogen) atoms. The van der Waals surface area contributed by atoms with E-state index >= 15 is 0 Å². The molecule has 1 heterocycles. The lowest BCUT2D eigenvalue weighted by atomic mass is 9.83. The van der Waals surface area contributed by atoms with Crippen LogP contribution in [0.15, 0.2) is 10.4 Å². The number of nitrogens with zero attached hydrogens (tertiary/aromatic N) is 3. The first-order valence-corrected chi connectivity index (χ1v) is 10.1. The SMILES string of the molecule is CCNC(=NCc1csc(N(C)C)n1)NCC1(CCOC)CCCC1. The van der Waals surface area contributed by atoms with E-state index in [1.165, 1.54) is 25.7 Å². The molecule has 1 aliphatic rings. The van der Waals surface area contributed by atoms with Gasteiger partial charge in [-0.2, -0.15) is 0 Å². The van der Waals surface area contributed by atoms with E-state index in [4.69, 9.17) is 9.73 Å². The van der Waals surface area contributed by atoms with Gasteiger partial charge >= 0.3 is 0 Å². The van der Waals surface area contributed by atoms with Crippen LogP contribution in [-0.2, 0) is 11.3 Å². The highest BCUT2D eigenvalue weighted by Gasteiger charge is 2.33. The molecule has 2 rings (SSSR count). The molecular weight excluding hydrogens is 334 g/mol. The first kappa shape index (κ1) is 20.0. The number of nitrogens with one attached hydrogen (secondary N) is 2. The highest BCUT2D eigenvalue weighted by molar-refractivity contribution is 7.13. The summed E-state index contributed by atoms with van der Waals surface area (Å²) in [6.45, 7) is 5.35.